The Hall–Kier alpha value is -3.68. The van der Waals surface area contributed by atoms with Gasteiger partial charge in [0.2, 0.25) is 0 Å². The van der Waals surface area contributed by atoms with Crippen molar-refractivity contribution in [2.75, 3.05) is 0 Å². The van der Waals surface area contributed by atoms with E-state index in [1.165, 1.54) is 6.07 Å². The van der Waals surface area contributed by atoms with Gasteiger partial charge < -0.3 is 4.57 Å². The number of rotatable bonds is 3. The molecule has 0 unspecified atom stereocenters. The van der Waals surface area contributed by atoms with Crippen molar-refractivity contribution in [3.05, 3.63) is 66.8 Å². The lowest BCUT2D eigenvalue weighted by Gasteiger charge is -2.07. The van der Waals surface area contributed by atoms with E-state index in [0.717, 1.165) is 16.5 Å². The van der Waals surface area contributed by atoms with E-state index in [1.54, 1.807) is 37.2 Å². The van der Waals surface area contributed by atoms with Crippen LogP contribution in [0.15, 0.2) is 55.4 Å². The van der Waals surface area contributed by atoms with Crippen LogP contribution in [-0.4, -0.2) is 34.7 Å². The Morgan fingerprint density at radius 2 is 2.08 bits per heavy atom. The highest BCUT2D eigenvalue weighted by molar-refractivity contribution is 5.79. The molecule has 0 bridgehead atoms. The number of benzene rings is 1. The number of nitrogens with one attached hydrogen (secondary N) is 1. The van der Waals surface area contributed by atoms with Gasteiger partial charge in [-0.3, -0.25) is 10.1 Å². The fraction of sp³-hybridized carbons (Fsp3) is 0.0556. The number of nitrogens with zero attached hydrogens (tertiary/aromatic N) is 6. The largest absolute Gasteiger partial charge is 0.309 e. The zero-order valence-electron chi connectivity index (χ0n) is 13.5. The average Bonchev–Trinajstić information content (AvgIpc) is 3.32. The summed E-state index contributed by atoms with van der Waals surface area (Å²) in [6.07, 6.45) is 8.34. The summed E-state index contributed by atoms with van der Waals surface area (Å²) in [6.45, 7) is 0.432. The minimum Gasteiger partial charge on any atom is -0.309 e. The average molecular weight is 345 g/mol. The monoisotopic (exact) mass is 345 g/mol. The van der Waals surface area contributed by atoms with Crippen molar-refractivity contribution in [1.82, 2.24) is 34.7 Å². The standard InChI is InChI=1S/C18H12FN7/c19-14-5-11(4-12-2-1-3-20-16(12)14)9-26-10-22-17-18(26)25-15(8-21-17)13-6-23-24-7-13/h1-8,10H,9H2,(H,23,24). The summed E-state index contributed by atoms with van der Waals surface area (Å²) in [4.78, 5) is 17.3. The molecule has 0 aliphatic carbocycles. The Labute approximate surface area is 146 Å². The van der Waals surface area contributed by atoms with Gasteiger partial charge in [-0.15, -0.1) is 0 Å². The molecule has 1 N–H and O–H groups in total. The molecule has 5 rings (SSSR count). The Bertz CT molecular complexity index is 1230. The number of aromatic amines is 1. The zero-order valence-corrected chi connectivity index (χ0v) is 13.5. The molecule has 0 fully saturated rings. The number of hydrogen-bond acceptors (Lipinski definition) is 5. The molecule has 0 spiro atoms. The highest BCUT2D eigenvalue weighted by Gasteiger charge is 2.11. The van der Waals surface area contributed by atoms with Crippen LogP contribution < -0.4 is 0 Å². The lowest BCUT2D eigenvalue weighted by Crippen LogP contribution is -2.01. The second-order valence-corrected chi connectivity index (χ2v) is 5.91. The van der Waals surface area contributed by atoms with Crippen LogP contribution in [0.5, 0.6) is 0 Å². The third-order valence-electron chi connectivity index (χ3n) is 4.19. The molecule has 5 aromatic rings. The van der Waals surface area contributed by atoms with Crippen molar-refractivity contribution in [1.29, 1.82) is 0 Å². The van der Waals surface area contributed by atoms with Gasteiger partial charge >= 0.3 is 0 Å². The van der Waals surface area contributed by atoms with Crippen LogP contribution in [0.2, 0.25) is 0 Å². The summed E-state index contributed by atoms with van der Waals surface area (Å²) < 4.78 is 16.2. The van der Waals surface area contributed by atoms with Gasteiger partial charge in [0.25, 0.3) is 0 Å². The molecule has 126 valence electrons. The van der Waals surface area contributed by atoms with Crippen LogP contribution in [0.3, 0.4) is 0 Å². The quantitative estimate of drug-likeness (QED) is 0.543. The number of hydrogen-bond donors (Lipinski definition) is 1. The van der Waals surface area contributed by atoms with Crippen molar-refractivity contribution < 1.29 is 4.39 Å². The van der Waals surface area contributed by atoms with Gasteiger partial charge in [0.1, 0.15) is 11.3 Å². The van der Waals surface area contributed by atoms with Gasteiger partial charge in [-0.05, 0) is 23.8 Å². The lowest BCUT2D eigenvalue weighted by atomic mass is 10.1. The highest BCUT2D eigenvalue weighted by atomic mass is 19.1. The maximum Gasteiger partial charge on any atom is 0.197 e. The first kappa shape index (κ1) is 14.6. The highest BCUT2D eigenvalue weighted by Crippen LogP contribution is 2.21. The van der Waals surface area contributed by atoms with Gasteiger partial charge in [-0.2, -0.15) is 5.10 Å². The molecule has 0 saturated carbocycles. The molecule has 0 saturated heterocycles. The third-order valence-corrected chi connectivity index (χ3v) is 4.19. The fourth-order valence-corrected chi connectivity index (χ4v) is 2.98. The third kappa shape index (κ3) is 2.39. The van der Waals surface area contributed by atoms with E-state index in [4.69, 9.17) is 0 Å². The number of aromatic nitrogens is 7. The van der Waals surface area contributed by atoms with Crippen molar-refractivity contribution in [3.8, 4) is 11.3 Å². The molecule has 0 atom stereocenters. The minimum absolute atomic E-state index is 0.340. The molecular formula is C18H12FN7. The minimum atomic E-state index is -0.340. The van der Waals surface area contributed by atoms with Gasteiger partial charge in [0.15, 0.2) is 11.3 Å². The number of H-pyrrole nitrogens is 1. The summed E-state index contributed by atoms with van der Waals surface area (Å²) in [5.74, 6) is -0.340. The Kier molecular flexibility index (Phi) is 3.21. The maximum atomic E-state index is 14.3. The van der Waals surface area contributed by atoms with Gasteiger partial charge in [-0.25, -0.2) is 19.3 Å². The predicted octanol–water partition coefficient (Wildman–Crippen LogP) is 2.95. The molecule has 4 heterocycles. The fourth-order valence-electron chi connectivity index (χ4n) is 2.98. The van der Waals surface area contributed by atoms with Crippen LogP contribution in [-0.2, 0) is 6.54 Å². The van der Waals surface area contributed by atoms with E-state index in [1.807, 2.05) is 16.7 Å². The van der Waals surface area contributed by atoms with Gasteiger partial charge in [0.05, 0.1) is 31.0 Å². The second kappa shape index (κ2) is 5.69. The molecule has 0 amide bonds. The van der Waals surface area contributed by atoms with Crippen LogP contribution >= 0.6 is 0 Å². The molecule has 26 heavy (non-hydrogen) atoms. The van der Waals surface area contributed by atoms with E-state index >= 15 is 0 Å². The number of imidazole rings is 1. The summed E-state index contributed by atoms with van der Waals surface area (Å²) in [5, 5.41) is 7.45. The number of halogens is 1. The first-order valence-electron chi connectivity index (χ1n) is 7.98. The molecule has 0 radical (unpaired) electrons. The SMILES string of the molecule is Fc1cc(Cn2cnc3ncc(-c4cn[nH]c4)nc32)cc2cccnc12. The zero-order chi connectivity index (χ0) is 17.5. The summed E-state index contributed by atoms with van der Waals surface area (Å²) in [6, 6.07) is 7.05. The molecule has 1 aromatic carbocycles. The van der Waals surface area contributed by atoms with E-state index < -0.39 is 0 Å². The first-order valence-corrected chi connectivity index (χ1v) is 7.98. The molecule has 8 heteroatoms. The van der Waals surface area contributed by atoms with Crippen molar-refractivity contribution in [2.24, 2.45) is 0 Å². The number of fused-ring (bicyclic) bond motifs is 2. The van der Waals surface area contributed by atoms with E-state index in [0.29, 0.717) is 29.0 Å². The molecule has 4 aromatic heterocycles. The second-order valence-electron chi connectivity index (χ2n) is 5.91. The maximum absolute atomic E-state index is 14.3. The van der Waals surface area contributed by atoms with Crippen molar-refractivity contribution in [2.45, 2.75) is 6.54 Å². The molecular weight excluding hydrogens is 333 g/mol. The molecule has 0 aliphatic heterocycles. The van der Waals surface area contributed by atoms with E-state index in [-0.39, 0.29) is 5.82 Å². The van der Waals surface area contributed by atoms with Crippen LogP contribution in [0.1, 0.15) is 5.56 Å². The van der Waals surface area contributed by atoms with Crippen molar-refractivity contribution in [3.63, 3.8) is 0 Å². The topological polar surface area (TPSA) is 85.2 Å². The van der Waals surface area contributed by atoms with Gasteiger partial charge in [0, 0.05) is 23.3 Å². The Morgan fingerprint density at radius 3 is 2.96 bits per heavy atom. The molecule has 7 nitrogen and oxygen atoms in total. The number of pyridine rings is 1. The molecule has 0 aliphatic rings. The van der Waals surface area contributed by atoms with Crippen molar-refractivity contribution >= 4 is 22.2 Å². The summed E-state index contributed by atoms with van der Waals surface area (Å²) in [5.41, 5.74) is 3.89. The van der Waals surface area contributed by atoms with Crippen LogP contribution in [0.4, 0.5) is 4.39 Å². The normalized spacial score (nSPS) is 11.4. The van der Waals surface area contributed by atoms with Crippen LogP contribution in [0.25, 0.3) is 33.5 Å². The first-order chi connectivity index (χ1) is 12.8. The lowest BCUT2D eigenvalue weighted by molar-refractivity contribution is 0.633. The summed E-state index contributed by atoms with van der Waals surface area (Å²) >= 11 is 0. The van der Waals surface area contributed by atoms with E-state index in [2.05, 4.69) is 30.1 Å². The predicted molar refractivity (Wildman–Crippen MR) is 93.7 cm³/mol. The summed E-state index contributed by atoms with van der Waals surface area (Å²) in [7, 11) is 0. The van der Waals surface area contributed by atoms with E-state index in [9.17, 15) is 4.39 Å². The Morgan fingerprint density at radius 1 is 1.12 bits per heavy atom. The Balaban J connectivity index is 1.58. The van der Waals surface area contributed by atoms with Gasteiger partial charge in [-0.1, -0.05) is 6.07 Å². The smallest absolute Gasteiger partial charge is 0.197 e. The van der Waals surface area contributed by atoms with Crippen LogP contribution in [0, 0.1) is 5.82 Å².